The van der Waals surface area contributed by atoms with Gasteiger partial charge in [0.2, 0.25) is 5.91 Å². The minimum atomic E-state index is -0.540. The molecule has 0 aromatic heterocycles. The first kappa shape index (κ1) is 12.4. The predicted octanol–water partition coefficient (Wildman–Crippen LogP) is 1.25. The van der Waals surface area contributed by atoms with Crippen molar-refractivity contribution in [2.75, 3.05) is 30.0 Å². The van der Waals surface area contributed by atoms with Gasteiger partial charge in [-0.1, -0.05) is 6.07 Å². The molecule has 5 nitrogen and oxygen atoms in total. The number of hydrogen-bond donors (Lipinski definition) is 2. The number of hydrogen-bond acceptors (Lipinski definition) is 4. The van der Waals surface area contributed by atoms with Crippen molar-refractivity contribution in [3.63, 3.8) is 0 Å². The van der Waals surface area contributed by atoms with E-state index in [1.165, 1.54) is 0 Å². The highest BCUT2D eigenvalue weighted by atomic mass is 16.5. The Morgan fingerprint density at radius 2 is 2.26 bits per heavy atom. The molecular formula is C14H19N3O2. The van der Waals surface area contributed by atoms with Crippen molar-refractivity contribution in [3.05, 3.63) is 23.8 Å². The number of nitrogens with two attached hydrogens (primary N) is 1. The van der Waals surface area contributed by atoms with E-state index in [0.717, 1.165) is 30.1 Å². The van der Waals surface area contributed by atoms with Crippen LogP contribution in [0.2, 0.25) is 0 Å². The van der Waals surface area contributed by atoms with Crippen LogP contribution >= 0.6 is 0 Å². The fraction of sp³-hybridized carbons (Fsp3) is 0.500. The number of fused-ring (bicyclic) bond motifs is 1. The zero-order chi connectivity index (χ0) is 13.6. The number of benzene rings is 1. The zero-order valence-electron chi connectivity index (χ0n) is 11.3. The average Bonchev–Trinajstić information content (AvgIpc) is 2.64. The van der Waals surface area contributed by atoms with Gasteiger partial charge in [-0.2, -0.15) is 0 Å². The maximum atomic E-state index is 11.6. The van der Waals surface area contributed by atoms with Crippen molar-refractivity contribution < 1.29 is 9.53 Å². The Hall–Kier alpha value is -1.59. The molecule has 2 heterocycles. The average molecular weight is 261 g/mol. The minimum Gasteiger partial charge on any atom is -0.377 e. The predicted molar refractivity (Wildman–Crippen MR) is 74.2 cm³/mol. The molecule has 1 unspecified atom stereocenters. The molecule has 3 N–H and O–H groups in total. The number of carbonyl (C=O) groups is 1. The SMILES string of the molecule is CC1(C)COCCN1c1ccc2c(c1)NC(=O)C2N. The molecule has 0 bridgehead atoms. The van der Waals surface area contributed by atoms with E-state index in [2.05, 4.69) is 24.1 Å². The summed E-state index contributed by atoms with van der Waals surface area (Å²) in [7, 11) is 0. The molecule has 1 atom stereocenters. The lowest BCUT2D eigenvalue weighted by Crippen LogP contribution is -2.53. The van der Waals surface area contributed by atoms with Crippen LogP contribution in [0, 0.1) is 0 Å². The Morgan fingerprint density at radius 1 is 1.47 bits per heavy atom. The van der Waals surface area contributed by atoms with Gasteiger partial charge in [0, 0.05) is 23.5 Å². The van der Waals surface area contributed by atoms with E-state index in [4.69, 9.17) is 10.5 Å². The molecule has 2 aliphatic heterocycles. The Kier molecular flexibility index (Phi) is 2.76. The number of anilines is 2. The smallest absolute Gasteiger partial charge is 0.245 e. The third kappa shape index (κ3) is 1.99. The van der Waals surface area contributed by atoms with Gasteiger partial charge in [0.25, 0.3) is 0 Å². The van der Waals surface area contributed by atoms with Crippen molar-refractivity contribution in [3.8, 4) is 0 Å². The van der Waals surface area contributed by atoms with Crippen molar-refractivity contribution in [1.29, 1.82) is 0 Å². The first-order chi connectivity index (χ1) is 8.99. The lowest BCUT2D eigenvalue weighted by atomic mass is 10.0. The van der Waals surface area contributed by atoms with Crippen LogP contribution in [-0.4, -0.2) is 31.2 Å². The molecule has 1 saturated heterocycles. The lowest BCUT2D eigenvalue weighted by Gasteiger charge is -2.44. The van der Waals surface area contributed by atoms with Crippen LogP contribution in [0.1, 0.15) is 25.5 Å². The van der Waals surface area contributed by atoms with Gasteiger partial charge in [-0.05, 0) is 26.0 Å². The van der Waals surface area contributed by atoms with Gasteiger partial charge in [0.1, 0.15) is 6.04 Å². The lowest BCUT2D eigenvalue weighted by molar-refractivity contribution is -0.116. The minimum absolute atomic E-state index is 0.0444. The summed E-state index contributed by atoms with van der Waals surface area (Å²) in [5, 5.41) is 2.83. The van der Waals surface area contributed by atoms with E-state index in [-0.39, 0.29) is 11.4 Å². The van der Waals surface area contributed by atoms with E-state index < -0.39 is 6.04 Å². The second-order valence-corrected chi connectivity index (χ2v) is 5.76. The number of nitrogens with zero attached hydrogens (tertiary/aromatic N) is 1. The van der Waals surface area contributed by atoms with Crippen LogP contribution < -0.4 is 16.0 Å². The van der Waals surface area contributed by atoms with Crippen molar-refractivity contribution in [2.24, 2.45) is 5.73 Å². The maximum Gasteiger partial charge on any atom is 0.245 e. The second-order valence-electron chi connectivity index (χ2n) is 5.76. The normalized spacial score (nSPS) is 25.1. The van der Waals surface area contributed by atoms with Crippen molar-refractivity contribution in [1.82, 2.24) is 0 Å². The van der Waals surface area contributed by atoms with E-state index in [0.29, 0.717) is 6.61 Å². The second kappa shape index (κ2) is 4.21. The molecule has 5 heteroatoms. The molecule has 0 radical (unpaired) electrons. The number of rotatable bonds is 1. The molecule has 2 aliphatic rings. The monoisotopic (exact) mass is 261 g/mol. The fourth-order valence-electron chi connectivity index (χ4n) is 2.78. The topological polar surface area (TPSA) is 67.6 Å². The molecule has 102 valence electrons. The summed E-state index contributed by atoms with van der Waals surface area (Å²) in [5.74, 6) is -0.131. The molecule has 19 heavy (non-hydrogen) atoms. The zero-order valence-corrected chi connectivity index (χ0v) is 11.3. The van der Waals surface area contributed by atoms with Crippen LogP contribution in [0.5, 0.6) is 0 Å². The molecule has 1 aromatic rings. The molecule has 1 fully saturated rings. The van der Waals surface area contributed by atoms with E-state index >= 15 is 0 Å². The van der Waals surface area contributed by atoms with Crippen LogP contribution in [-0.2, 0) is 9.53 Å². The Balaban J connectivity index is 1.95. The number of morpholine rings is 1. The number of nitrogens with one attached hydrogen (secondary N) is 1. The molecule has 0 spiro atoms. The summed E-state index contributed by atoms with van der Waals surface area (Å²) in [6.07, 6.45) is 0. The third-order valence-electron chi connectivity index (χ3n) is 3.87. The van der Waals surface area contributed by atoms with Gasteiger partial charge in [-0.15, -0.1) is 0 Å². The van der Waals surface area contributed by atoms with Gasteiger partial charge < -0.3 is 20.7 Å². The summed E-state index contributed by atoms with van der Waals surface area (Å²) >= 11 is 0. The summed E-state index contributed by atoms with van der Waals surface area (Å²) in [6, 6.07) is 5.44. The molecular weight excluding hydrogens is 242 g/mol. The highest BCUT2D eigenvalue weighted by Crippen LogP contribution is 2.35. The molecule has 0 aliphatic carbocycles. The molecule has 0 saturated carbocycles. The van der Waals surface area contributed by atoms with Gasteiger partial charge in [-0.3, -0.25) is 4.79 Å². The van der Waals surface area contributed by atoms with Gasteiger partial charge in [0.15, 0.2) is 0 Å². The van der Waals surface area contributed by atoms with Crippen LogP contribution in [0.3, 0.4) is 0 Å². The van der Waals surface area contributed by atoms with E-state index in [1.54, 1.807) is 0 Å². The van der Waals surface area contributed by atoms with Gasteiger partial charge >= 0.3 is 0 Å². The Morgan fingerprint density at radius 3 is 3.00 bits per heavy atom. The first-order valence-corrected chi connectivity index (χ1v) is 6.55. The summed E-state index contributed by atoms with van der Waals surface area (Å²) in [5.41, 5.74) is 8.59. The Bertz CT molecular complexity index is 527. The third-order valence-corrected chi connectivity index (χ3v) is 3.87. The van der Waals surface area contributed by atoms with Crippen LogP contribution in [0.25, 0.3) is 0 Å². The largest absolute Gasteiger partial charge is 0.377 e. The van der Waals surface area contributed by atoms with Crippen LogP contribution in [0.4, 0.5) is 11.4 Å². The van der Waals surface area contributed by atoms with Crippen LogP contribution in [0.15, 0.2) is 18.2 Å². The standard InChI is InChI=1S/C14H19N3O2/c1-14(2)8-19-6-5-17(14)9-3-4-10-11(7-9)16-13(18)12(10)15/h3-4,7,12H,5-6,8,15H2,1-2H3,(H,16,18). The fourth-order valence-corrected chi connectivity index (χ4v) is 2.78. The highest BCUT2D eigenvalue weighted by molar-refractivity contribution is 6.03. The first-order valence-electron chi connectivity index (χ1n) is 6.55. The van der Waals surface area contributed by atoms with Crippen molar-refractivity contribution in [2.45, 2.75) is 25.4 Å². The summed E-state index contributed by atoms with van der Waals surface area (Å²) < 4.78 is 5.53. The number of amides is 1. The Labute approximate surface area is 112 Å². The van der Waals surface area contributed by atoms with Crippen molar-refractivity contribution >= 4 is 17.3 Å². The number of ether oxygens (including phenoxy) is 1. The van der Waals surface area contributed by atoms with Gasteiger partial charge in [0.05, 0.1) is 18.8 Å². The highest BCUT2D eigenvalue weighted by Gasteiger charge is 2.33. The van der Waals surface area contributed by atoms with Gasteiger partial charge in [-0.25, -0.2) is 0 Å². The maximum absolute atomic E-state index is 11.6. The van der Waals surface area contributed by atoms with E-state index in [1.807, 2.05) is 18.2 Å². The quantitative estimate of drug-likeness (QED) is 0.798. The number of carbonyl (C=O) groups excluding carboxylic acids is 1. The summed E-state index contributed by atoms with van der Waals surface area (Å²) in [4.78, 5) is 13.9. The molecule has 1 aromatic carbocycles. The summed E-state index contributed by atoms with van der Waals surface area (Å²) in [6.45, 7) is 6.60. The molecule has 1 amide bonds. The van der Waals surface area contributed by atoms with E-state index in [9.17, 15) is 4.79 Å². The molecule has 3 rings (SSSR count).